The lowest BCUT2D eigenvalue weighted by Crippen LogP contribution is -1.72. The molecule has 0 N–H and O–H groups in total. The number of hydrogen-bond donors (Lipinski definition) is 0. The molecule has 0 bridgehead atoms. The standard InChI is InChI=1S/C10H6N2O/c1-2-7-3-4-9-8(6-11-12-9)10(7)13-5-1/h1-6H. The molecule has 3 rings (SSSR count). The fraction of sp³-hybridized carbons (Fsp3) is 0. The van der Waals surface area contributed by atoms with Gasteiger partial charge in [-0.1, -0.05) is 0 Å². The Kier molecular flexibility index (Phi) is 1.16. The molecule has 1 aromatic carbocycles. The monoisotopic (exact) mass is 170 g/mol. The van der Waals surface area contributed by atoms with E-state index in [1.54, 1.807) is 12.5 Å². The van der Waals surface area contributed by atoms with Gasteiger partial charge in [-0.3, -0.25) is 0 Å². The summed E-state index contributed by atoms with van der Waals surface area (Å²) in [4.78, 5) is 0. The van der Waals surface area contributed by atoms with Crippen LogP contribution in [-0.2, 0) is 0 Å². The van der Waals surface area contributed by atoms with E-state index in [2.05, 4.69) is 10.2 Å². The Morgan fingerprint density at radius 2 is 2.15 bits per heavy atom. The third-order valence-electron chi connectivity index (χ3n) is 2.10. The van der Waals surface area contributed by atoms with Crippen LogP contribution in [0.5, 0.6) is 0 Å². The maximum atomic E-state index is 5.40. The summed E-state index contributed by atoms with van der Waals surface area (Å²) in [7, 11) is 0. The Labute approximate surface area is 74.0 Å². The lowest BCUT2D eigenvalue weighted by molar-refractivity contribution is 0.607. The molecule has 3 nitrogen and oxygen atoms in total. The van der Waals surface area contributed by atoms with Crippen LogP contribution >= 0.6 is 0 Å². The van der Waals surface area contributed by atoms with Gasteiger partial charge >= 0.3 is 0 Å². The van der Waals surface area contributed by atoms with Crippen molar-refractivity contribution in [1.29, 1.82) is 0 Å². The first-order chi connectivity index (χ1) is 6.45. The van der Waals surface area contributed by atoms with Crippen molar-refractivity contribution in [3.05, 3.63) is 36.7 Å². The average Bonchev–Trinajstić information content (AvgIpc) is 2.65. The van der Waals surface area contributed by atoms with E-state index in [0.29, 0.717) is 0 Å². The largest absolute Gasteiger partial charge is 0.464 e. The third-order valence-corrected chi connectivity index (χ3v) is 2.10. The quantitative estimate of drug-likeness (QED) is 0.520. The van der Waals surface area contributed by atoms with E-state index in [-0.39, 0.29) is 0 Å². The highest BCUT2D eigenvalue weighted by atomic mass is 16.3. The summed E-state index contributed by atoms with van der Waals surface area (Å²) in [5.41, 5.74) is 1.73. The number of fused-ring (bicyclic) bond motifs is 3. The van der Waals surface area contributed by atoms with Gasteiger partial charge in [-0.25, -0.2) is 0 Å². The van der Waals surface area contributed by atoms with E-state index >= 15 is 0 Å². The van der Waals surface area contributed by atoms with Crippen LogP contribution in [0.1, 0.15) is 0 Å². The average molecular weight is 170 g/mol. The van der Waals surface area contributed by atoms with Crippen LogP contribution in [-0.4, -0.2) is 10.2 Å². The Morgan fingerprint density at radius 1 is 1.15 bits per heavy atom. The van der Waals surface area contributed by atoms with E-state index in [0.717, 1.165) is 21.9 Å². The Balaban J connectivity index is 2.65. The van der Waals surface area contributed by atoms with Gasteiger partial charge in [-0.2, -0.15) is 10.2 Å². The molecule has 3 aromatic rings. The minimum absolute atomic E-state index is 0.852. The van der Waals surface area contributed by atoms with Gasteiger partial charge < -0.3 is 4.42 Å². The maximum Gasteiger partial charge on any atom is 0.144 e. The topological polar surface area (TPSA) is 38.9 Å². The summed E-state index contributed by atoms with van der Waals surface area (Å²) in [6, 6.07) is 7.80. The first-order valence-corrected chi connectivity index (χ1v) is 4.03. The van der Waals surface area contributed by atoms with Gasteiger partial charge in [0, 0.05) is 5.39 Å². The molecular formula is C10H6N2O. The second kappa shape index (κ2) is 2.29. The molecule has 13 heavy (non-hydrogen) atoms. The van der Waals surface area contributed by atoms with Crippen LogP contribution in [0.4, 0.5) is 0 Å². The Hall–Kier alpha value is -1.90. The molecule has 0 atom stereocenters. The molecule has 0 amide bonds. The number of aromatic nitrogens is 2. The lowest BCUT2D eigenvalue weighted by atomic mass is 10.2. The normalized spacial score (nSPS) is 11.1. The van der Waals surface area contributed by atoms with Gasteiger partial charge in [0.25, 0.3) is 0 Å². The minimum atomic E-state index is 0.852. The molecule has 0 aliphatic heterocycles. The summed E-state index contributed by atoms with van der Waals surface area (Å²) < 4.78 is 5.40. The van der Waals surface area contributed by atoms with E-state index in [9.17, 15) is 0 Å². The van der Waals surface area contributed by atoms with Crippen molar-refractivity contribution >= 4 is 21.9 Å². The van der Waals surface area contributed by atoms with Gasteiger partial charge in [0.15, 0.2) is 0 Å². The predicted molar refractivity (Wildman–Crippen MR) is 49.3 cm³/mol. The van der Waals surface area contributed by atoms with Gasteiger partial charge in [0.2, 0.25) is 0 Å². The molecule has 0 aliphatic rings. The van der Waals surface area contributed by atoms with Gasteiger partial charge in [-0.05, 0) is 24.3 Å². The summed E-state index contributed by atoms with van der Waals surface area (Å²) in [6.07, 6.45) is 3.38. The van der Waals surface area contributed by atoms with Gasteiger partial charge in [-0.15, -0.1) is 0 Å². The summed E-state index contributed by atoms with van der Waals surface area (Å²) >= 11 is 0. The first-order valence-electron chi connectivity index (χ1n) is 4.03. The minimum Gasteiger partial charge on any atom is -0.464 e. The first kappa shape index (κ1) is 6.60. The maximum absolute atomic E-state index is 5.40. The van der Waals surface area contributed by atoms with Crippen molar-refractivity contribution < 1.29 is 4.42 Å². The molecular weight excluding hydrogens is 164 g/mol. The number of nitrogens with zero attached hydrogens (tertiary/aromatic N) is 2. The zero-order valence-electron chi connectivity index (χ0n) is 6.77. The molecule has 2 heterocycles. The van der Waals surface area contributed by atoms with Crippen LogP contribution in [0.2, 0.25) is 0 Å². The van der Waals surface area contributed by atoms with Crippen LogP contribution < -0.4 is 0 Å². The molecule has 0 spiro atoms. The lowest BCUT2D eigenvalue weighted by Gasteiger charge is -1.95. The third kappa shape index (κ3) is 0.839. The summed E-state index contributed by atoms with van der Waals surface area (Å²) in [5.74, 6) is 0. The van der Waals surface area contributed by atoms with E-state index in [1.807, 2.05) is 24.3 Å². The van der Waals surface area contributed by atoms with Crippen LogP contribution in [0.25, 0.3) is 21.9 Å². The second-order valence-corrected chi connectivity index (χ2v) is 2.87. The highest BCUT2D eigenvalue weighted by Crippen LogP contribution is 2.22. The molecule has 0 fully saturated rings. The summed E-state index contributed by atoms with van der Waals surface area (Å²) in [6.45, 7) is 0. The fourth-order valence-corrected chi connectivity index (χ4v) is 1.48. The number of hydrogen-bond acceptors (Lipinski definition) is 3. The molecule has 3 heteroatoms. The van der Waals surface area contributed by atoms with Crippen LogP contribution in [0.15, 0.2) is 41.1 Å². The van der Waals surface area contributed by atoms with Crippen molar-refractivity contribution in [2.24, 2.45) is 0 Å². The van der Waals surface area contributed by atoms with Crippen molar-refractivity contribution in [2.75, 3.05) is 0 Å². The molecule has 62 valence electrons. The van der Waals surface area contributed by atoms with Crippen LogP contribution in [0.3, 0.4) is 0 Å². The molecule has 0 unspecified atom stereocenters. The zero-order chi connectivity index (χ0) is 8.67. The van der Waals surface area contributed by atoms with Crippen molar-refractivity contribution in [2.45, 2.75) is 0 Å². The number of rotatable bonds is 0. The van der Waals surface area contributed by atoms with E-state index in [1.165, 1.54) is 0 Å². The Morgan fingerprint density at radius 3 is 3.15 bits per heavy atom. The number of benzene rings is 1. The second-order valence-electron chi connectivity index (χ2n) is 2.87. The van der Waals surface area contributed by atoms with E-state index in [4.69, 9.17) is 4.42 Å². The fourth-order valence-electron chi connectivity index (χ4n) is 1.48. The van der Waals surface area contributed by atoms with Gasteiger partial charge in [0.05, 0.1) is 23.4 Å². The SMILES string of the molecule is c1coc2c(c1)ccc1nncc12. The van der Waals surface area contributed by atoms with Crippen molar-refractivity contribution in [1.82, 2.24) is 10.2 Å². The van der Waals surface area contributed by atoms with Gasteiger partial charge in [0.1, 0.15) is 5.58 Å². The molecule has 0 saturated heterocycles. The highest BCUT2D eigenvalue weighted by Gasteiger charge is 2.03. The van der Waals surface area contributed by atoms with Crippen molar-refractivity contribution in [3.8, 4) is 0 Å². The highest BCUT2D eigenvalue weighted by molar-refractivity contribution is 6.01. The molecule has 0 aliphatic carbocycles. The van der Waals surface area contributed by atoms with Crippen LogP contribution in [0, 0.1) is 0 Å². The zero-order valence-corrected chi connectivity index (χ0v) is 6.77. The summed E-state index contributed by atoms with van der Waals surface area (Å²) in [5, 5.41) is 9.84. The Bertz CT molecular complexity index is 571. The molecule has 0 saturated carbocycles. The molecule has 0 radical (unpaired) electrons. The molecule has 2 aromatic heterocycles. The predicted octanol–water partition coefficient (Wildman–Crippen LogP) is 2.38. The smallest absolute Gasteiger partial charge is 0.144 e. The van der Waals surface area contributed by atoms with Crippen molar-refractivity contribution in [3.63, 3.8) is 0 Å². The van der Waals surface area contributed by atoms with E-state index < -0.39 is 0 Å².